The van der Waals surface area contributed by atoms with Gasteiger partial charge in [0.2, 0.25) is 0 Å². The van der Waals surface area contributed by atoms with Crippen LogP contribution in [0.5, 0.6) is 0 Å². The molecule has 3 nitrogen and oxygen atoms in total. The van der Waals surface area contributed by atoms with Crippen molar-refractivity contribution in [2.45, 2.75) is 58.3 Å². The highest BCUT2D eigenvalue weighted by Gasteiger charge is 2.17. The van der Waals surface area contributed by atoms with Crippen LogP contribution in [0.2, 0.25) is 0 Å². The quantitative estimate of drug-likeness (QED) is 0.572. The molecule has 0 unspecified atom stereocenters. The molecule has 0 atom stereocenters. The van der Waals surface area contributed by atoms with Gasteiger partial charge in [-0.3, -0.25) is 0 Å². The average Bonchev–Trinajstić information content (AvgIpc) is 2.96. The number of benzene rings is 2. The van der Waals surface area contributed by atoms with E-state index in [1.807, 2.05) is 0 Å². The Morgan fingerprint density at radius 3 is 2.18 bits per heavy atom. The summed E-state index contributed by atoms with van der Waals surface area (Å²) in [6.07, 6.45) is 5.93. The van der Waals surface area contributed by atoms with Crippen LogP contribution >= 0.6 is 0 Å². The summed E-state index contributed by atoms with van der Waals surface area (Å²) in [6, 6.07) is 17.4. The third kappa shape index (κ3) is 4.19. The Balaban J connectivity index is 1.67. The first-order valence-corrected chi connectivity index (χ1v) is 10.6. The van der Waals surface area contributed by atoms with Crippen molar-refractivity contribution < 1.29 is 0 Å². The lowest BCUT2D eigenvalue weighted by atomic mass is 9.86. The molecule has 0 aliphatic carbocycles. The second-order valence-electron chi connectivity index (χ2n) is 9.01. The van der Waals surface area contributed by atoms with Crippen LogP contribution in [0, 0.1) is 0 Å². The van der Waals surface area contributed by atoms with Gasteiger partial charge in [0.05, 0.1) is 5.52 Å². The maximum Gasteiger partial charge on any atom is 0.140 e. The lowest BCUT2D eigenvalue weighted by Crippen LogP contribution is -2.25. The number of hydrogen-bond donors (Lipinski definition) is 0. The van der Waals surface area contributed by atoms with Crippen molar-refractivity contribution in [3.8, 4) is 0 Å². The van der Waals surface area contributed by atoms with Gasteiger partial charge in [0, 0.05) is 24.9 Å². The molecule has 0 amide bonds. The Morgan fingerprint density at radius 2 is 1.50 bits per heavy atom. The van der Waals surface area contributed by atoms with Gasteiger partial charge in [0.15, 0.2) is 0 Å². The summed E-state index contributed by atoms with van der Waals surface area (Å²) in [5, 5.41) is 1.18. The van der Waals surface area contributed by atoms with Crippen LogP contribution in [0.1, 0.15) is 63.4 Å². The molecule has 0 radical (unpaired) electrons. The lowest BCUT2D eigenvalue weighted by Gasteiger charge is -2.23. The third-order valence-electron chi connectivity index (χ3n) is 5.72. The normalized spacial score (nSPS) is 15.6. The van der Waals surface area contributed by atoms with Crippen LogP contribution in [0.4, 0.5) is 5.82 Å². The number of rotatable bonds is 3. The van der Waals surface area contributed by atoms with Crippen molar-refractivity contribution in [1.29, 1.82) is 0 Å². The molecule has 0 N–H and O–H groups in total. The minimum absolute atomic E-state index is 0.178. The van der Waals surface area contributed by atoms with E-state index >= 15 is 0 Å². The van der Waals surface area contributed by atoms with Crippen LogP contribution in [0.15, 0.2) is 48.5 Å². The van der Waals surface area contributed by atoms with Crippen LogP contribution in [-0.2, 0) is 11.8 Å². The number of para-hydroxylation sites is 1. The van der Waals surface area contributed by atoms with Gasteiger partial charge >= 0.3 is 0 Å². The van der Waals surface area contributed by atoms with Gasteiger partial charge in [-0.05, 0) is 41.5 Å². The first-order chi connectivity index (χ1) is 13.5. The second-order valence-corrected chi connectivity index (χ2v) is 9.01. The summed E-state index contributed by atoms with van der Waals surface area (Å²) in [5.41, 5.74) is 3.86. The van der Waals surface area contributed by atoms with E-state index in [1.54, 1.807) is 0 Å². The smallest absolute Gasteiger partial charge is 0.140 e. The van der Waals surface area contributed by atoms with E-state index in [4.69, 9.17) is 9.97 Å². The van der Waals surface area contributed by atoms with Gasteiger partial charge in [0.1, 0.15) is 11.6 Å². The summed E-state index contributed by atoms with van der Waals surface area (Å²) >= 11 is 0. The van der Waals surface area contributed by atoms with E-state index in [-0.39, 0.29) is 5.41 Å². The number of fused-ring (bicyclic) bond motifs is 1. The molecule has 1 aromatic heterocycles. The zero-order valence-electron chi connectivity index (χ0n) is 17.4. The molecule has 0 spiro atoms. The highest BCUT2D eigenvalue weighted by molar-refractivity contribution is 5.89. The topological polar surface area (TPSA) is 29.0 Å². The van der Waals surface area contributed by atoms with Crippen molar-refractivity contribution >= 4 is 16.7 Å². The van der Waals surface area contributed by atoms with Crippen molar-refractivity contribution in [2.75, 3.05) is 18.0 Å². The number of nitrogens with zero attached hydrogens (tertiary/aromatic N) is 3. The maximum atomic E-state index is 5.05. The minimum atomic E-state index is 0.178. The first-order valence-electron chi connectivity index (χ1n) is 10.6. The summed E-state index contributed by atoms with van der Waals surface area (Å²) in [4.78, 5) is 12.4. The van der Waals surface area contributed by atoms with Crippen LogP contribution in [0.3, 0.4) is 0 Å². The van der Waals surface area contributed by atoms with Crippen molar-refractivity contribution in [3.63, 3.8) is 0 Å². The van der Waals surface area contributed by atoms with E-state index in [0.717, 1.165) is 36.7 Å². The zero-order chi connectivity index (χ0) is 19.6. The maximum absolute atomic E-state index is 5.05. The SMILES string of the molecule is CC(C)(C)c1ccc(Cc2nc(N3CCCCCC3)c3ccccc3n2)cc1. The average molecular weight is 374 g/mol. The highest BCUT2D eigenvalue weighted by atomic mass is 15.2. The van der Waals surface area contributed by atoms with Crippen LogP contribution < -0.4 is 4.90 Å². The third-order valence-corrected chi connectivity index (χ3v) is 5.72. The second kappa shape index (κ2) is 7.90. The molecule has 4 rings (SSSR count). The predicted molar refractivity (Wildman–Crippen MR) is 118 cm³/mol. The summed E-state index contributed by atoms with van der Waals surface area (Å²) in [6.45, 7) is 8.95. The molecule has 0 saturated carbocycles. The minimum Gasteiger partial charge on any atom is -0.356 e. The fourth-order valence-corrected chi connectivity index (χ4v) is 4.01. The Morgan fingerprint density at radius 1 is 0.821 bits per heavy atom. The Kier molecular flexibility index (Phi) is 5.34. The first kappa shape index (κ1) is 18.9. The summed E-state index contributed by atoms with van der Waals surface area (Å²) in [5.74, 6) is 2.04. The standard InChI is InChI=1S/C25H31N3/c1-25(2,3)20-14-12-19(13-15-20)18-23-26-22-11-7-6-10-21(22)24(27-23)28-16-8-4-5-9-17-28/h6-7,10-15H,4-5,8-9,16-18H2,1-3H3. The lowest BCUT2D eigenvalue weighted by molar-refractivity contribution is 0.590. The monoisotopic (exact) mass is 373 g/mol. The van der Waals surface area contributed by atoms with Crippen molar-refractivity contribution in [2.24, 2.45) is 0 Å². The van der Waals surface area contributed by atoms with Crippen molar-refractivity contribution in [3.05, 3.63) is 65.5 Å². The van der Waals surface area contributed by atoms with Gasteiger partial charge in [-0.15, -0.1) is 0 Å². The molecule has 3 aromatic rings. The van der Waals surface area contributed by atoms with Gasteiger partial charge < -0.3 is 4.90 Å². The van der Waals surface area contributed by atoms with Gasteiger partial charge in [0.25, 0.3) is 0 Å². The van der Waals surface area contributed by atoms with Crippen molar-refractivity contribution in [1.82, 2.24) is 9.97 Å². The van der Waals surface area contributed by atoms with Gasteiger partial charge in [-0.25, -0.2) is 9.97 Å². The van der Waals surface area contributed by atoms with E-state index in [0.29, 0.717) is 0 Å². The molecule has 146 valence electrons. The summed E-state index contributed by atoms with van der Waals surface area (Å²) < 4.78 is 0. The molecule has 1 aliphatic heterocycles. The predicted octanol–water partition coefficient (Wildman–Crippen LogP) is 5.90. The summed E-state index contributed by atoms with van der Waals surface area (Å²) in [7, 11) is 0. The molecule has 0 bridgehead atoms. The molecule has 28 heavy (non-hydrogen) atoms. The number of hydrogen-bond acceptors (Lipinski definition) is 3. The number of aromatic nitrogens is 2. The van der Waals surface area contributed by atoms with Gasteiger partial charge in [-0.2, -0.15) is 0 Å². The number of anilines is 1. The molecule has 3 heteroatoms. The van der Waals surface area contributed by atoms with E-state index < -0.39 is 0 Å². The largest absolute Gasteiger partial charge is 0.356 e. The molecular weight excluding hydrogens is 342 g/mol. The Bertz CT molecular complexity index is 930. The van der Waals surface area contributed by atoms with Crippen LogP contribution in [0.25, 0.3) is 10.9 Å². The fourth-order valence-electron chi connectivity index (χ4n) is 4.01. The molecule has 1 saturated heterocycles. The molecule has 2 aromatic carbocycles. The highest BCUT2D eigenvalue weighted by Crippen LogP contribution is 2.27. The van der Waals surface area contributed by atoms with Gasteiger partial charge in [-0.1, -0.05) is 70.0 Å². The molecule has 2 heterocycles. The van der Waals surface area contributed by atoms with Crippen LogP contribution in [-0.4, -0.2) is 23.1 Å². The molecule has 1 fully saturated rings. The van der Waals surface area contributed by atoms with E-state index in [2.05, 4.69) is 74.2 Å². The Labute approximate surface area is 168 Å². The molecular formula is C25H31N3. The fraction of sp³-hybridized carbons (Fsp3) is 0.440. The zero-order valence-corrected chi connectivity index (χ0v) is 17.4. The Hall–Kier alpha value is -2.42. The molecule has 1 aliphatic rings. The van der Waals surface area contributed by atoms with E-state index in [1.165, 1.54) is 42.2 Å². The van der Waals surface area contributed by atoms with E-state index in [9.17, 15) is 0 Å².